The second-order valence-electron chi connectivity index (χ2n) is 6.42. The van der Waals surface area contributed by atoms with Crippen LogP contribution in [0.3, 0.4) is 0 Å². The molecular weight excluding hydrogens is 363 g/mol. The molecule has 2 amide bonds. The molecule has 0 aliphatic carbocycles. The van der Waals surface area contributed by atoms with Gasteiger partial charge in [-0.05, 0) is 44.2 Å². The van der Waals surface area contributed by atoms with Crippen molar-refractivity contribution in [1.82, 2.24) is 0 Å². The Labute approximate surface area is 155 Å². The smallest absolute Gasteiger partial charge is 0.255 e. The van der Waals surface area contributed by atoms with Gasteiger partial charge < -0.3 is 15.4 Å². The fourth-order valence-corrected chi connectivity index (χ4v) is 2.58. The van der Waals surface area contributed by atoms with Crippen LogP contribution in [-0.4, -0.2) is 18.4 Å². The zero-order valence-corrected chi connectivity index (χ0v) is 15.2. The van der Waals surface area contributed by atoms with Crippen molar-refractivity contribution < 1.29 is 14.3 Å². The van der Waals surface area contributed by atoms with E-state index in [0.717, 1.165) is 0 Å². The monoisotopic (exact) mass is 378 g/mol. The SMILES string of the molecule is CC1(C)COc2cc(NC(=O)c3ccc(Cl)c(Cl)c3)ccc2NC1=O. The van der Waals surface area contributed by atoms with E-state index in [1.165, 1.54) is 6.07 Å². The molecular formula is C18H16Cl2N2O3. The van der Waals surface area contributed by atoms with Crippen molar-refractivity contribution in [3.63, 3.8) is 0 Å². The van der Waals surface area contributed by atoms with Crippen LogP contribution in [0.2, 0.25) is 10.0 Å². The number of ether oxygens (including phenoxy) is 1. The second kappa shape index (κ2) is 6.58. The van der Waals surface area contributed by atoms with Gasteiger partial charge in [0.2, 0.25) is 5.91 Å². The van der Waals surface area contributed by atoms with E-state index in [9.17, 15) is 9.59 Å². The Bertz CT molecular complexity index is 865. The maximum atomic E-state index is 12.3. The van der Waals surface area contributed by atoms with E-state index in [1.54, 1.807) is 44.2 Å². The molecule has 0 atom stereocenters. The Balaban J connectivity index is 1.81. The quantitative estimate of drug-likeness (QED) is 0.801. The lowest BCUT2D eigenvalue weighted by Gasteiger charge is -2.18. The molecule has 2 aromatic rings. The number of carbonyl (C=O) groups excluding carboxylic acids is 2. The lowest BCUT2D eigenvalue weighted by molar-refractivity contribution is -0.124. The first-order valence-electron chi connectivity index (χ1n) is 7.61. The standard InChI is InChI=1S/C18H16Cl2N2O3/c1-18(2)9-25-15-8-11(4-6-14(15)22-17(18)24)21-16(23)10-3-5-12(19)13(20)7-10/h3-8H,9H2,1-2H3,(H,21,23)(H,22,24). The van der Waals surface area contributed by atoms with Gasteiger partial charge in [0, 0.05) is 17.3 Å². The van der Waals surface area contributed by atoms with Crippen molar-refractivity contribution in [2.75, 3.05) is 17.2 Å². The molecule has 25 heavy (non-hydrogen) atoms. The highest BCUT2D eigenvalue weighted by Gasteiger charge is 2.32. The number of hydrogen-bond donors (Lipinski definition) is 2. The van der Waals surface area contributed by atoms with E-state index in [0.29, 0.717) is 32.7 Å². The highest BCUT2D eigenvalue weighted by atomic mass is 35.5. The summed E-state index contributed by atoms with van der Waals surface area (Å²) in [6, 6.07) is 9.71. The van der Waals surface area contributed by atoms with E-state index in [4.69, 9.17) is 27.9 Å². The Morgan fingerprint density at radius 2 is 1.92 bits per heavy atom. The summed E-state index contributed by atoms with van der Waals surface area (Å²) in [5.74, 6) is 0.0706. The number of halogens is 2. The van der Waals surface area contributed by atoms with E-state index in [-0.39, 0.29) is 18.4 Å². The van der Waals surface area contributed by atoms with Crippen LogP contribution >= 0.6 is 23.2 Å². The van der Waals surface area contributed by atoms with Gasteiger partial charge in [0.1, 0.15) is 12.4 Å². The van der Waals surface area contributed by atoms with Gasteiger partial charge in [0.25, 0.3) is 5.91 Å². The Hall–Kier alpha value is -2.24. The third-order valence-electron chi connectivity index (χ3n) is 3.87. The third kappa shape index (κ3) is 3.72. The molecule has 0 aromatic heterocycles. The highest BCUT2D eigenvalue weighted by Crippen LogP contribution is 2.34. The van der Waals surface area contributed by atoms with Gasteiger partial charge in [0.15, 0.2) is 0 Å². The van der Waals surface area contributed by atoms with E-state index < -0.39 is 5.41 Å². The van der Waals surface area contributed by atoms with Crippen LogP contribution in [0.5, 0.6) is 5.75 Å². The number of anilines is 2. The summed E-state index contributed by atoms with van der Waals surface area (Å²) < 4.78 is 5.72. The largest absolute Gasteiger partial charge is 0.490 e. The van der Waals surface area contributed by atoms with Crippen LogP contribution in [0.15, 0.2) is 36.4 Å². The first-order valence-corrected chi connectivity index (χ1v) is 8.36. The molecule has 0 radical (unpaired) electrons. The molecule has 0 fully saturated rings. The molecule has 0 spiro atoms. The topological polar surface area (TPSA) is 67.4 Å². The maximum absolute atomic E-state index is 12.3. The number of benzene rings is 2. The summed E-state index contributed by atoms with van der Waals surface area (Å²) in [7, 11) is 0. The number of nitrogens with one attached hydrogen (secondary N) is 2. The normalized spacial score (nSPS) is 15.4. The molecule has 5 nitrogen and oxygen atoms in total. The minimum Gasteiger partial charge on any atom is -0.490 e. The van der Waals surface area contributed by atoms with Crippen molar-refractivity contribution in [1.29, 1.82) is 0 Å². The molecule has 1 aliphatic heterocycles. The van der Waals surface area contributed by atoms with Gasteiger partial charge in [-0.1, -0.05) is 23.2 Å². The Kier molecular flexibility index (Phi) is 4.62. The zero-order valence-electron chi connectivity index (χ0n) is 13.7. The first kappa shape index (κ1) is 17.6. The third-order valence-corrected chi connectivity index (χ3v) is 4.61. The summed E-state index contributed by atoms with van der Waals surface area (Å²) >= 11 is 11.8. The molecule has 130 valence electrons. The van der Waals surface area contributed by atoms with E-state index >= 15 is 0 Å². The minimum atomic E-state index is -0.636. The van der Waals surface area contributed by atoms with Crippen LogP contribution in [0, 0.1) is 5.41 Å². The average molecular weight is 379 g/mol. The molecule has 1 heterocycles. The lowest BCUT2D eigenvalue weighted by Crippen LogP contribution is -2.33. The molecule has 2 aromatic carbocycles. The Morgan fingerprint density at radius 3 is 2.64 bits per heavy atom. The molecule has 1 aliphatic rings. The number of hydrogen-bond acceptors (Lipinski definition) is 3. The molecule has 3 rings (SSSR count). The van der Waals surface area contributed by atoms with E-state index in [2.05, 4.69) is 10.6 Å². The predicted molar refractivity (Wildman–Crippen MR) is 98.8 cm³/mol. The zero-order chi connectivity index (χ0) is 18.2. The molecule has 0 unspecified atom stereocenters. The highest BCUT2D eigenvalue weighted by molar-refractivity contribution is 6.42. The van der Waals surface area contributed by atoms with Crippen LogP contribution in [0.4, 0.5) is 11.4 Å². The second-order valence-corrected chi connectivity index (χ2v) is 7.24. The first-order chi connectivity index (χ1) is 11.8. The van der Waals surface area contributed by atoms with Crippen molar-refractivity contribution in [2.45, 2.75) is 13.8 Å². The molecule has 0 saturated heterocycles. The molecule has 7 heteroatoms. The van der Waals surface area contributed by atoms with Crippen molar-refractivity contribution in [3.05, 3.63) is 52.0 Å². The van der Waals surface area contributed by atoms with E-state index in [1.807, 2.05) is 0 Å². The van der Waals surface area contributed by atoms with Crippen LogP contribution in [0.25, 0.3) is 0 Å². The average Bonchev–Trinajstić information content (AvgIpc) is 2.67. The summed E-state index contributed by atoms with van der Waals surface area (Å²) in [6.45, 7) is 3.86. The van der Waals surface area contributed by atoms with Gasteiger partial charge in [-0.2, -0.15) is 0 Å². The van der Waals surface area contributed by atoms with Gasteiger partial charge in [0.05, 0.1) is 21.1 Å². The van der Waals surface area contributed by atoms with Crippen molar-refractivity contribution >= 4 is 46.4 Å². The minimum absolute atomic E-state index is 0.112. The fourth-order valence-electron chi connectivity index (χ4n) is 2.28. The van der Waals surface area contributed by atoms with Gasteiger partial charge in [-0.25, -0.2) is 0 Å². The number of carbonyl (C=O) groups is 2. The van der Waals surface area contributed by atoms with Crippen molar-refractivity contribution in [2.24, 2.45) is 5.41 Å². The van der Waals surface area contributed by atoms with Gasteiger partial charge in [-0.3, -0.25) is 9.59 Å². The lowest BCUT2D eigenvalue weighted by atomic mass is 9.94. The fraction of sp³-hybridized carbons (Fsp3) is 0.222. The van der Waals surface area contributed by atoms with Crippen molar-refractivity contribution in [3.8, 4) is 5.75 Å². The molecule has 2 N–H and O–H groups in total. The molecule has 0 bridgehead atoms. The Morgan fingerprint density at radius 1 is 1.16 bits per heavy atom. The number of fused-ring (bicyclic) bond motifs is 1. The summed E-state index contributed by atoms with van der Waals surface area (Å²) in [5, 5.41) is 6.30. The summed E-state index contributed by atoms with van der Waals surface area (Å²) in [6.07, 6.45) is 0. The number of amides is 2. The van der Waals surface area contributed by atoms with Gasteiger partial charge in [-0.15, -0.1) is 0 Å². The summed E-state index contributed by atoms with van der Waals surface area (Å²) in [4.78, 5) is 24.5. The number of rotatable bonds is 2. The molecule has 0 saturated carbocycles. The van der Waals surface area contributed by atoms with Crippen LogP contribution in [-0.2, 0) is 4.79 Å². The maximum Gasteiger partial charge on any atom is 0.255 e. The van der Waals surface area contributed by atoms with Crippen LogP contribution in [0.1, 0.15) is 24.2 Å². The van der Waals surface area contributed by atoms with Crippen LogP contribution < -0.4 is 15.4 Å². The predicted octanol–water partition coefficient (Wildman–Crippen LogP) is 4.60. The van der Waals surface area contributed by atoms with Gasteiger partial charge >= 0.3 is 0 Å². The summed E-state index contributed by atoms with van der Waals surface area (Å²) in [5.41, 5.74) is 0.870.